The minimum atomic E-state index is -1.93. The van der Waals surface area contributed by atoms with Gasteiger partial charge in [0.1, 0.15) is 0 Å². The van der Waals surface area contributed by atoms with Gasteiger partial charge < -0.3 is 9.84 Å². The number of methoxy groups -OCH3 is 1. The fourth-order valence-electron chi connectivity index (χ4n) is 2.66. The Labute approximate surface area is 125 Å². The highest BCUT2D eigenvalue weighted by molar-refractivity contribution is 6.43. The molecule has 1 aliphatic rings. The highest BCUT2D eigenvalue weighted by atomic mass is 35.5. The summed E-state index contributed by atoms with van der Waals surface area (Å²) in [5, 5.41) is 11.4. The molecule has 3 rings (SSSR count). The van der Waals surface area contributed by atoms with Crippen LogP contribution in [-0.4, -0.2) is 18.2 Å². The van der Waals surface area contributed by atoms with E-state index in [2.05, 4.69) is 0 Å². The molecule has 0 bridgehead atoms. The molecule has 0 amide bonds. The largest absolute Gasteiger partial charge is 0.466 e. The second-order valence-corrected chi connectivity index (χ2v) is 5.32. The summed E-state index contributed by atoms with van der Waals surface area (Å²) >= 11 is 12.2. The quantitative estimate of drug-likeness (QED) is 0.822. The van der Waals surface area contributed by atoms with Crippen LogP contribution in [0.1, 0.15) is 11.1 Å². The van der Waals surface area contributed by atoms with Crippen LogP contribution in [0, 0.1) is 0 Å². The first-order valence-corrected chi connectivity index (χ1v) is 6.66. The van der Waals surface area contributed by atoms with Gasteiger partial charge in [-0.15, -0.1) is 0 Å². The summed E-state index contributed by atoms with van der Waals surface area (Å²) in [5.41, 5.74) is 0.227. The maximum atomic E-state index is 12.2. The maximum Gasteiger partial charge on any atom is 0.347 e. The number of rotatable bonds is 1. The fraction of sp³-hybridized carbons (Fsp3) is 0.133. The predicted octanol–water partition coefficient (Wildman–Crippen LogP) is 3.38. The van der Waals surface area contributed by atoms with E-state index in [9.17, 15) is 9.90 Å². The molecule has 102 valence electrons. The van der Waals surface area contributed by atoms with Crippen molar-refractivity contribution in [3.8, 4) is 11.1 Å². The number of fused-ring (bicyclic) bond motifs is 3. The highest BCUT2D eigenvalue weighted by Crippen LogP contribution is 2.52. The number of aliphatic hydroxyl groups is 1. The summed E-state index contributed by atoms with van der Waals surface area (Å²) < 4.78 is 4.76. The Balaban J connectivity index is 2.44. The monoisotopic (exact) mass is 308 g/mol. The van der Waals surface area contributed by atoms with E-state index in [1.165, 1.54) is 7.11 Å². The molecule has 1 unspecified atom stereocenters. The molecule has 2 aromatic rings. The standard InChI is InChI=1S/C15H10Cl2O3/c1-20-14(18)15(19)10-5-3-2-4-8(10)9-6-7-11(16)13(17)12(9)15/h2-7,19H,1H3. The number of hydrogen-bond donors (Lipinski definition) is 1. The molecule has 0 saturated heterocycles. The van der Waals surface area contributed by atoms with Crippen LogP contribution >= 0.6 is 23.2 Å². The molecule has 0 aliphatic heterocycles. The van der Waals surface area contributed by atoms with Crippen molar-refractivity contribution in [2.75, 3.05) is 7.11 Å². The first kappa shape index (κ1) is 13.4. The van der Waals surface area contributed by atoms with Crippen molar-refractivity contribution in [2.45, 2.75) is 5.60 Å². The van der Waals surface area contributed by atoms with Gasteiger partial charge in [0.2, 0.25) is 5.60 Å². The number of esters is 1. The van der Waals surface area contributed by atoms with Crippen LogP contribution in [0.4, 0.5) is 0 Å². The SMILES string of the molecule is COC(=O)C1(O)c2ccccc2-c2ccc(Cl)c(Cl)c21. The Morgan fingerprint density at radius 2 is 1.85 bits per heavy atom. The Kier molecular flexibility index (Phi) is 3.01. The van der Waals surface area contributed by atoms with Crippen molar-refractivity contribution in [3.63, 3.8) is 0 Å². The molecule has 1 N–H and O–H groups in total. The van der Waals surface area contributed by atoms with Gasteiger partial charge in [-0.2, -0.15) is 0 Å². The van der Waals surface area contributed by atoms with Crippen molar-refractivity contribution in [3.05, 3.63) is 57.6 Å². The van der Waals surface area contributed by atoms with E-state index in [1.54, 1.807) is 24.3 Å². The lowest BCUT2D eigenvalue weighted by atomic mass is 9.91. The van der Waals surface area contributed by atoms with Crippen LogP contribution in [0.2, 0.25) is 10.0 Å². The molecule has 0 aromatic heterocycles. The molecule has 1 aliphatic carbocycles. The Bertz CT molecular complexity index is 727. The van der Waals surface area contributed by atoms with Gasteiger partial charge >= 0.3 is 5.97 Å². The lowest BCUT2D eigenvalue weighted by molar-refractivity contribution is -0.158. The van der Waals surface area contributed by atoms with Gasteiger partial charge in [-0.3, -0.25) is 0 Å². The van der Waals surface area contributed by atoms with Crippen LogP contribution in [0.25, 0.3) is 11.1 Å². The van der Waals surface area contributed by atoms with E-state index in [0.29, 0.717) is 11.1 Å². The molecule has 20 heavy (non-hydrogen) atoms. The van der Waals surface area contributed by atoms with Gasteiger partial charge in [0.05, 0.1) is 17.2 Å². The van der Waals surface area contributed by atoms with Crippen LogP contribution in [0.3, 0.4) is 0 Å². The molecule has 0 saturated carbocycles. The van der Waals surface area contributed by atoms with E-state index < -0.39 is 11.6 Å². The number of ether oxygens (including phenoxy) is 1. The average molecular weight is 309 g/mol. The normalized spacial score (nSPS) is 19.4. The van der Waals surface area contributed by atoms with Crippen molar-refractivity contribution in [2.24, 2.45) is 0 Å². The van der Waals surface area contributed by atoms with Crippen LogP contribution in [0.15, 0.2) is 36.4 Å². The fourth-order valence-corrected chi connectivity index (χ4v) is 3.12. The zero-order chi connectivity index (χ0) is 14.5. The highest BCUT2D eigenvalue weighted by Gasteiger charge is 2.50. The third-order valence-corrected chi connectivity index (χ3v) is 4.35. The Morgan fingerprint density at radius 1 is 1.15 bits per heavy atom. The molecule has 5 heteroatoms. The maximum absolute atomic E-state index is 12.2. The van der Waals surface area contributed by atoms with Gasteiger partial charge in [0, 0.05) is 11.1 Å². The first-order chi connectivity index (χ1) is 9.51. The van der Waals surface area contributed by atoms with Gasteiger partial charge in [-0.1, -0.05) is 53.5 Å². The van der Waals surface area contributed by atoms with E-state index in [4.69, 9.17) is 27.9 Å². The minimum absolute atomic E-state index is 0.160. The first-order valence-electron chi connectivity index (χ1n) is 5.91. The zero-order valence-corrected chi connectivity index (χ0v) is 12.0. The number of carbonyl (C=O) groups is 1. The van der Waals surface area contributed by atoms with Crippen molar-refractivity contribution in [1.82, 2.24) is 0 Å². The third kappa shape index (κ3) is 1.54. The molecule has 0 radical (unpaired) electrons. The van der Waals surface area contributed by atoms with Gasteiger partial charge in [0.25, 0.3) is 0 Å². The van der Waals surface area contributed by atoms with Gasteiger partial charge in [-0.25, -0.2) is 4.79 Å². The summed E-state index contributed by atoms with van der Waals surface area (Å²) in [5.74, 6) is -0.784. The predicted molar refractivity (Wildman–Crippen MR) is 76.9 cm³/mol. The number of benzene rings is 2. The molecule has 0 spiro atoms. The van der Waals surface area contributed by atoms with E-state index >= 15 is 0 Å². The number of carbonyl (C=O) groups excluding carboxylic acids is 1. The lowest BCUT2D eigenvalue weighted by Gasteiger charge is -2.23. The van der Waals surface area contributed by atoms with E-state index in [-0.39, 0.29) is 15.6 Å². The van der Waals surface area contributed by atoms with Crippen molar-refractivity contribution < 1.29 is 14.6 Å². The Morgan fingerprint density at radius 3 is 2.55 bits per heavy atom. The summed E-state index contributed by atoms with van der Waals surface area (Å²) in [7, 11) is 1.22. The van der Waals surface area contributed by atoms with E-state index in [1.807, 2.05) is 12.1 Å². The average Bonchev–Trinajstić information content (AvgIpc) is 2.74. The summed E-state index contributed by atoms with van der Waals surface area (Å²) in [4.78, 5) is 12.2. The lowest BCUT2D eigenvalue weighted by Crippen LogP contribution is -2.36. The molecular formula is C15H10Cl2O3. The Hall–Kier alpha value is -1.55. The summed E-state index contributed by atoms with van der Waals surface area (Å²) in [6.07, 6.45) is 0. The molecule has 0 heterocycles. The van der Waals surface area contributed by atoms with Crippen LogP contribution in [0.5, 0.6) is 0 Å². The molecule has 0 fully saturated rings. The van der Waals surface area contributed by atoms with Crippen LogP contribution < -0.4 is 0 Å². The smallest absolute Gasteiger partial charge is 0.347 e. The van der Waals surface area contributed by atoms with Crippen molar-refractivity contribution >= 4 is 29.2 Å². The second-order valence-electron chi connectivity index (χ2n) is 4.53. The number of hydrogen-bond acceptors (Lipinski definition) is 3. The van der Waals surface area contributed by atoms with Gasteiger partial charge in [-0.05, 0) is 17.2 Å². The second kappa shape index (κ2) is 4.48. The van der Waals surface area contributed by atoms with E-state index in [0.717, 1.165) is 5.56 Å². The number of halogens is 2. The van der Waals surface area contributed by atoms with Crippen molar-refractivity contribution in [1.29, 1.82) is 0 Å². The summed E-state index contributed by atoms with van der Waals surface area (Å²) in [6.45, 7) is 0. The molecular weight excluding hydrogens is 299 g/mol. The summed E-state index contributed by atoms with van der Waals surface area (Å²) in [6, 6.07) is 10.4. The molecule has 1 atom stereocenters. The van der Waals surface area contributed by atoms with Crippen LogP contribution in [-0.2, 0) is 15.1 Å². The molecule has 3 nitrogen and oxygen atoms in total. The topological polar surface area (TPSA) is 46.5 Å². The minimum Gasteiger partial charge on any atom is -0.466 e. The zero-order valence-electron chi connectivity index (χ0n) is 10.5. The molecule has 2 aromatic carbocycles. The van der Waals surface area contributed by atoms with Gasteiger partial charge in [0.15, 0.2) is 0 Å². The third-order valence-electron chi connectivity index (χ3n) is 3.54.